The first kappa shape index (κ1) is 22.9. The Morgan fingerprint density at radius 3 is 1.64 bits per heavy atom. The molecule has 172 valence electrons. The molecule has 0 amide bonds. The van der Waals surface area contributed by atoms with Crippen LogP contribution in [0.4, 0.5) is 0 Å². The van der Waals surface area contributed by atoms with Gasteiger partial charge in [0.25, 0.3) is 0 Å². The van der Waals surface area contributed by atoms with Gasteiger partial charge in [-0.15, -0.1) is 0 Å². The highest BCUT2D eigenvalue weighted by atomic mass is 16.6. The molecule has 33 heavy (non-hydrogen) atoms. The summed E-state index contributed by atoms with van der Waals surface area (Å²) in [5.74, 6) is -4.40. The fourth-order valence-corrected chi connectivity index (χ4v) is 5.04. The quantitative estimate of drug-likeness (QED) is 0.440. The Hall–Kier alpha value is -3.28. The standard InChI is InChI=1S/C27H28O6/c1-16(18-9-5-3-6-10-18)13-22-23(27(31)33-26(22)30)15-20(19-11-7-4-8-12-19)14-21-17(2)24(28)32-25(21)29/h3-12,16-17,20-23H,13-15H2,1-2H3. The van der Waals surface area contributed by atoms with Crippen LogP contribution < -0.4 is 0 Å². The molecule has 0 spiro atoms. The lowest BCUT2D eigenvalue weighted by Gasteiger charge is -2.25. The molecule has 2 aromatic carbocycles. The molecule has 6 heteroatoms. The van der Waals surface area contributed by atoms with Crippen LogP contribution in [0.15, 0.2) is 60.7 Å². The fourth-order valence-electron chi connectivity index (χ4n) is 5.04. The van der Waals surface area contributed by atoms with Gasteiger partial charge in [0.2, 0.25) is 0 Å². The summed E-state index contributed by atoms with van der Waals surface area (Å²) in [6, 6.07) is 19.5. The number of carbonyl (C=O) groups excluding carboxylic acids is 4. The lowest BCUT2D eigenvalue weighted by atomic mass is 9.75. The average molecular weight is 449 g/mol. The van der Waals surface area contributed by atoms with Crippen molar-refractivity contribution in [3.63, 3.8) is 0 Å². The molecule has 2 aliphatic heterocycles. The molecule has 6 atom stereocenters. The van der Waals surface area contributed by atoms with E-state index in [2.05, 4.69) is 0 Å². The first-order valence-electron chi connectivity index (χ1n) is 11.5. The maximum absolute atomic E-state index is 12.7. The summed E-state index contributed by atoms with van der Waals surface area (Å²) in [4.78, 5) is 49.5. The number of rotatable bonds is 8. The minimum Gasteiger partial charge on any atom is -0.393 e. The highest BCUT2D eigenvalue weighted by Crippen LogP contribution is 2.42. The first-order chi connectivity index (χ1) is 15.8. The summed E-state index contributed by atoms with van der Waals surface area (Å²) in [6.45, 7) is 3.73. The molecule has 2 saturated heterocycles. The monoisotopic (exact) mass is 448 g/mol. The van der Waals surface area contributed by atoms with Gasteiger partial charge in [-0.05, 0) is 42.2 Å². The van der Waals surface area contributed by atoms with Gasteiger partial charge in [-0.3, -0.25) is 19.2 Å². The largest absolute Gasteiger partial charge is 0.393 e. The third kappa shape index (κ3) is 4.90. The Balaban J connectivity index is 1.57. The molecule has 0 N–H and O–H groups in total. The molecule has 2 aromatic rings. The van der Waals surface area contributed by atoms with E-state index in [1.807, 2.05) is 67.6 Å². The second-order valence-corrected chi connectivity index (χ2v) is 9.21. The van der Waals surface area contributed by atoms with Crippen LogP contribution in [0.5, 0.6) is 0 Å². The van der Waals surface area contributed by atoms with Crippen molar-refractivity contribution in [2.24, 2.45) is 23.7 Å². The Morgan fingerprint density at radius 1 is 0.636 bits per heavy atom. The first-order valence-corrected chi connectivity index (χ1v) is 11.5. The van der Waals surface area contributed by atoms with Gasteiger partial charge < -0.3 is 9.47 Å². The zero-order chi connectivity index (χ0) is 23.5. The minimum atomic E-state index is -0.600. The SMILES string of the molecule is CC(CC1C(=O)OC(=O)C1CC(CC1C(=O)OC(=O)C1C)c1ccccc1)c1ccccc1. The van der Waals surface area contributed by atoms with Crippen LogP contribution >= 0.6 is 0 Å². The number of benzene rings is 2. The van der Waals surface area contributed by atoms with Crippen LogP contribution in [-0.2, 0) is 28.7 Å². The van der Waals surface area contributed by atoms with Crippen molar-refractivity contribution in [1.29, 1.82) is 0 Å². The molecule has 0 radical (unpaired) electrons. The van der Waals surface area contributed by atoms with E-state index in [0.717, 1.165) is 11.1 Å². The van der Waals surface area contributed by atoms with Crippen molar-refractivity contribution in [2.75, 3.05) is 0 Å². The maximum Gasteiger partial charge on any atom is 0.317 e. The van der Waals surface area contributed by atoms with Gasteiger partial charge >= 0.3 is 23.9 Å². The predicted molar refractivity (Wildman–Crippen MR) is 120 cm³/mol. The van der Waals surface area contributed by atoms with Gasteiger partial charge in [0, 0.05) is 0 Å². The number of esters is 4. The molecule has 6 unspecified atom stereocenters. The van der Waals surface area contributed by atoms with Crippen molar-refractivity contribution in [3.05, 3.63) is 71.8 Å². The van der Waals surface area contributed by atoms with E-state index in [-0.39, 0.29) is 11.8 Å². The lowest BCUT2D eigenvalue weighted by molar-refractivity contribution is -0.155. The van der Waals surface area contributed by atoms with Crippen molar-refractivity contribution in [1.82, 2.24) is 0 Å². The molecular weight excluding hydrogens is 420 g/mol. The zero-order valence-corrected chi connectivity index (χ0v) is 18.8. The van der Waals surface area contributed by atoms with E-state index < -0.39 is 47.5 Å². The number of carbonyl (C=O) groups is 4. The van der Waals surface area contributed by atoms with Crippen LogP contribution in [0, 0.1) is 23.7 Å². The minimum absolute atomic E-state index is 0.0785. The summed E-state index contributed by atoms with van der Waals surface area (Å²) < 4.78 is 9.90. The summed E-state index contributed by atoms with van der Waals surface area (Å²) >= 11 is 0. The van der Waals surface area contributed by atoms with E-state index in [0.29, 0.717) is 19.3 Å². The van der Waals surface area contributed by atoms with E-state index in [9.17, 15) is 19.2 Å². The van der Waals surface area contributed by atoms with Crippen molar-refractivity contribution < 1.29 is 28.7 Å². The highest BCUT2D eigenvalue weighted by molar-refractivity contribution is 5.97. The van der Waals surface area contributed by atoms with Gasteiger partial charge in [-0.25, -0.2) is 0 Å². The summed E-state index contributed by atoms with van der Waals surface area (Å²) in [5.41, 5.74) is 2.06. The molecule has 0 aliphatic carbocycles. The average Bonchev–Trinajstić information content (AvgIpc) is 3.22. The summed E-state index contributed by atoms with van der Waals surface area (Å²) in [6.07, 6.45) is 1.24. The van der Waals surface area contributed by atoms with Gasteiger partial charge in [-0.1, -0.05) is 74.5 Å². The van der Waals surface area contributed by atoms with Crippen molar-refractivity contribution >= 4 is 23.9 Å². The smallest absolute Gasteiger partial charge is 0.317 e. The zero-order valence-electron chi connectivity index (χ0n) is 18.8. The van der Waals surface area contributed by atoms with E-state index in [4.69, 9.17) is 9.47 Å². The number of cyclic esters (lactones) is 4. The van der Waals surface area contributed by atoms with Crippen LogP contribution in [-0.4, -0.2) is 23.9 Å². The van der Waals surface area contributed by atoms with Gasteiger partial charge in [-0.2, -0.15) is 0 Å². The molecule has 0 aromatic heterocycles. The van der Waals surface area contributed by atoms with Crippen LogP contribution in [0.25, 0.3) is 0 Å². The number of ether oxygens (including phenoxy) is 2. The third-order valence-corrected chi connectivity index (χ3v) is 7.10. The van der Waals surface area contributed by atoms with Gasteiger partial charge in [0.15, 0.2) is 0 Å². The Morgan fingerprint density at radius 2 is 1.09 bits per heavy atom. The van der Waals surface area contributed by atoms with Gasteiger partial charge in [0.05, 0.1) is 23.7 Å². The normalized spacial score (nSPS) is 26.7. The van der Waals surface area contributed by atoms with E-state index in [1.165, 1.54) is 0 Å². The summed E-state index contributed by atoms with van der Waals surface area (Å²) in [5, 5.41) is 0. The van der Waals surface area contributed by atoms with E-state index >= 15 is 0 Å². The van der Waals surface area contributed by atoms with E-state index in [1.54, 1.807) is 6.92 Å². The third-order valence-electron chi connectivity index (χ3n) is 7.10. The molecule has 2 fully saturated rings. The topological polar surface area (TPSA) is 86.7 Å². The van der Waals surface area contributed by atoms with Crippen LogP contribution in [0.3, 0.4) is 0 Å². The molecule has 4 rings (SSSR count). The Bertz CT molecular complexity index is 1030. The van der Waals surface area contributed by atoms with Gasteiger partial charge in [0.1, 0.15) is 0 Å². The summed E-state index contributed by atoms with van der Waals surface area (Å²) in [7, 11) is 0. The van der Waals surface area contributed by atoms with Crippen LogP contribution in [0.1, 0.15) is 56.1 Å². The number of hydrogen-bond acceptors (Lipinski definition) is 6. The second kappa shape index (κ2) is 9.69. The molecule has 2 heterocycles. The Kier molecular flexibility index (Phi) is 6.72. The predicted octanol–water partition coefficient (Wildman–Crippen LogP) is 4.40. The van der Waals surface area contributed by atoms with Crippen LogP contribution in [0.2, 0.25) is 0 Å². The lowest BCUT2D eigenvalue weighted by Crippen LogP contribution is -2.25. The maximum atomic E-state index is 12.7. The molecule has 0 saturated carbocycles. The fraction of sp³-hybridized carbons (Fsp3) is 0.407. The molecule has 0 bridgehead atoms. The van der Waals surface area contributed by atoms with Crippen molar-refractivity contribution in [2.45, 2.75) is 44.9 Å². The second-order valence-electron chi connectivity index (χ2n) is 9.21. The highest BCUT2D eigenvalue weighted by Gasteiger charge is 2.47. The molecular formula is C27H28O6. The molecule has 6 nitrogen and oxygen atoms in total. The molecule has 2 aliphatic rings. The Labute approximate surface area is 193 Å². The van der Waals surface area contributed by atoms with Crippen molar-refractivity contribution in [3.8, 4) is 0 Å². The number of hydrogen-bond donors (Lipinski definition) is 0.